The van der Waals surface area contributed by atoms with Gasteiger partial charge in [0.15, 0.2) is 0 Å². The molecule has 1 aromatic carbocycles. The summed E-state index contributed by atoms with van der Waals surface area (Å²) in [6, 6.07) is 5.98. The quantitative estimate of drug-likeness (QED) is 0.813. The van der Waals surface area contributed by atoms with Gasteiger partial charge in [0.05, 0.1) is 11.8 Å². The molecular weight excluding hydrogens is 282 g/mol. The number of urea groups is 1. The summed E-state index contributed by atoms with van der Waals surface area (Å²) in [4.78, 5) is 13.3. The van der Waals surface area contributed by atoms with Crippen LogP contribution in [0, 0.1) is 0 Å². The van der Waals surface area contributed by atoms with Crippen molar-refractivity contribution in [2.45, 2.75) is 25.9 Å². The number of aliphatic hydroxyl groups excluding tert-OH is 1. The molecule has 0 aliphatic rings. The number of carbonyl (C=O) groups is 1. The van der Waals surface area contributed by atoms with Crippen molar-refractivity contribution in [3.63, 3.8) is 0 Å². The van der Waals surface area contributed by atoms with E-state index in [0.717, 1.165) is 0 Å². The fraction of sp³-hybridized carbons (Fsp3) is 0.500. The van der Waals surface area contributed by atoms with E-state index in [-0.39, 0.29) is 5.75 Å². The van der Waals surface area contributed by atoms with Crippen molar-refractivity contribution in [1.82, 2.24) is 4.90 Å². The zero-order valence-corrected chi connectivity index (χ0v) is 12.1. The van der Waals surface area contributed by atoms with Gasteiger partial charge in [-0.2, -0.15) is 0 Å². The predicted octanol–water partition coefficient (Wildman–Crippen LogP) is 2.57. The Morgan fingerprint density at radius 3 is 2.71 bits per heavy atom. The van der Waals surface area contributed by atoms with Crippen molar-refractivity contribution in [1.29, 1.82) is 0 Å². The first kappa shape index (κ1) is 17.2. The molecule has 2 N–H and O–H groups in total. The van der Waals surface area contributed by atoms with E-state index in [2.05, 4.69) is 5.32 Å². The highest BCUT2D eigenvalue weighted by Gasteiger charge is 2.13. The minimum Gasteiger partial charge on any atom is -0.485 e. The number of nitrogens with zero attached hydrogens (tertiary/aromatic N) is 1. The summed E-state index contributed by atoms with van der Waals surface area (Å²) in [5.74, 6) is 0.190. The van der Waals surface area contributed by atoms with Crippen molar-refractivity contribution in [2.24, 2.45) is 0 Å². The van der Waals surface area contributed by atoms with Crippen LogP contribution in [0.5, 0.6) is 5.75 Å². The van der Waals surface area contributed by atoms with Crippen molar-refractivity contribution < 1.29 is 23.4 Å². The van der Waals surface area contributed by atoms with Crippen LogP contribution >= 0.6 is 0 Å². The molecule has 0 aliphatic carbocycles. The van der Waals surface area contributed by atoms with Gasteiger partial charge in [0.2, 0.25) is 0 Å². The summed E-state index contributed by atoms with van der Waals surface area (Å²) in [6.07, 6.45) is -2.63. The standard InChI is InChI=1S/C14H20F2N2O3/c1-10(19)7-8-18(2)14(20)17-11-5-3-4-6-12(11)21-9-13(15)16/h3-6,10,13,19H,7-9H2,1-2H3,(H,17,20). The highest BCUT2D eigenvalue weighted by molar-refractivity contribution is 5.90. The number of hydrogen-bond donors (Lipinski definition) is 2. The van der Waals surface area contributed by atoms with Crippen LogP contribution in [0.25, 0.3) is 0 Å². The molecule has 0 saturated carbocycles. The second kappa shape index (κ2) is 8.41. The molecule has 118 valence electrons. The summed E-state index contributed by atoms with van der Waals surface area (Å²) in [6.45, 7) is 1.29. The number of aliphatic hydroxyl groups is 1. The van der Waals surface area contributed by atoms with Crippen LogP contribution in [0.2, 0.25) is 0 Å². The van der Waals surface area contributed by atoms with E-state index >= 15 is 0 Å². The van der Waals surface area contributed by atoms with Gasteiger partial charge in [-0.25, -0.2) is 13.6 Å². The molecular formula is C14H20F2N2O3. The Balaban J connectivity index is 2.62. The summed E-state index contributed by atoms with van der Waals surface area (Å²) in [7, 11) is 1.58. The van der Waals surface area contributed by atoms with Crippen LogP contribution in [-0.4, -0.2) is 48.8 Å². The summed E-state index contributed by atoms with van der Waals surface area (Å²) in [5.41, 5.74) is 0.326. The molecule has 21 heavy (non-hydrogen) atoms. The van der Waals surface area contributed by atoms with Gasteiger partial charge in [-0.15, -0.1) is 0 Å². The maximum Gasteiger partial charge on any atom is 0.321 e. The number of hydrogen-bond acceptors (Lipinski definition) is 3. The van der Waals surface area contributed by atoms with Gasteiger partial charge >= 0.3 is 6.03 Å². The first-order valence-corrected chi connectivity index (χ1v) is 6.60. The molecule has 2 amide bonds. The number of alkyl halides is 2. The Morgan fingerprint density at radius 1 is 1.43 bits per heavy atom. The van der Waals surface area contributed by atoms with E-state index in [1.807, 2.05) is 0 Å². The Kier molecular flexibility index (Phi) is 6.87. The van der Waals surface area contributed by atoms with Crippen molar-refractivity contribution in [2.75, 3.05) is 25.5 Å². The van der Waals surface area contributed by atoms with E-state index in [1.54, 1.807) is 32.2 Å². The fourth-order valence-corrected chi connectivity index (χ4v) is 1.54. The number of halogens is 2. The highest BCUT2D eigenvalue weighted by atomic mass is 19.3. The number of nitrogens with one attached hydrogen (secondary N) is 1. The van der Waals surface area contributed by atoms with Crippen LogP contribution in [0.4, 0.5) is 19.3 Å². The van der Waals surface area contributed by atoms with E-state index < -0.39 is 25.2 Å². The highest BCUT2D eigenvalue weighted by Crippen LogP contribution is 2.24. The van der Waals surface area contributed by atoms with Gasteiger partial charge in [-0.1, -0.05) is 12.1 Å². The lowest BCUT2D eigenvalue weighted by Crippen LogP contribution is -2.33. The van der Waals surface area contributed by atoms with E-state index in [9.17, 15) is 18.7 Å². The zero-order chi connectivity index (χ0) is 15.8. The second-order valence-corrected chi connectivity index (χ2v) is 4.69. The average Bonchev–Trinajstić information content (AvgIpc) is 2.43. The van der Waals surface area contributed by atoms with Crippen LogP contribution < -0.4 is 10.1 Å². The molecule has 0 bridgehead atoms. The largest absolute Gasteiger partial charge is 0.485 e. The number of benzene rings is 1. The lowest BCUT2D eigenvalue weighted by Gasteiger charge is -2.20. The van der Waals surface area contributed by atoms with Crippen molar-refractivity contribution in [3.05, 3.63) is 24.3 Å². The Hall–Kier alpha value is -1.89. The maximum atomic E-state index is 12.2. The second-order valence-electron chi connectivity index (χ2n) is 4.69. The topological polar surface area (TPSA) is 61.8 Å². The summed E-state index contributed by atoms with van der Waals surface area (Å²) < 4.78 is 29.3. The molecule has 1 atom stereocenters. The molecule has 1 unspecified atom stereocenters. The smallest absolute Gasteiger partial charge is 0.321 e. The summed E-state index contributed by atoms with van der Waals surface area (Å²) >= 11 is 0. The molecule has 1 rings (SSSR count). The monoisotopic (exact) mass is 302 g/mol. The third-order valence-corrected chi connectivity index (χ3v) is 2.72. The average molecular weight is 302 g/mol. The third kappa shape index (κ3) is 6.40. The van der Waals surface area contributed by atoms with Gasteiger partial charge in [-0.3, -0.25) is 0 Å². The number of rotatable bonds is 7. The minimum absolute atomic E-state index is 0.190. The SMILES string of the molecule is CC(O)CCN(C)C(=O)Nc1ccccc1OCC(F)F. The van der Waals surface area contributed by atoms with Crippen molar-refractivity contribution in [3.8, 4) is 5.75 Å². The van der Waals surface area contributed by atoms with E-state index in [4.69, 9.17) is 4.74 Å². The Morgan fingerprint density at radius 2 is 2.10 bits per heavy atom. The molecule has 0 heterocycles. The number of para-hydroxylation sites is 2. The molecule has 1 aromatic rings. The van der Waals surface area contributed by atoms with Crippen LogP contribution in [0.3, 0.4) is 0 Å². The Labute approximate surface area is 122 Å². The Bertz CT molecular complexity index is 456. The molecule has 0 spiro atoms. The van der Waals surface area contributed by atoms with Gasteiger partial charge in [0, 0.05) is 13.6 Å². The summed E-state index contributed by atoms with van der Waals surface area (Å²) in [5, 5.41) is 11.8. The number of amides is 2. The first-order chi connectivity index (χ1) is 9.90. The lowest BCUT2D eigenvalue weighted by atomic mass is 10.3. The van der Waals surface area contributed by atoms with Gasteiger partial charge < -0.3 is 20.1 Å². The van der Waals surface area contributed by atoms with Gasteiger partial charge in [-0.05, 0) is 25.5 Å². The predicted molar refractivity (Wildman–Crippen MR) is 75.9 cm³/mol. The van der Waals surface area contributed by atoms with Crippen LogP contribution in [0.1, 0.15) is 13.3 Å². The third-order valence-electron chi connectivity index (χ3n) is 2.72. The number of carbonyl (C=O) groups excluding carboxylic acids is 1. The number of anilines is 1. The normalized spacial score (nSPS) is 12.1. The van der Waals surface area contributed by atoms with E-state index in [0.29, 0.717) is 18.7 Å². The maximum absolute atomic E-state index is 12.2. The molecule has 0 fully saturated rings. The molecule has 7 heteroatoms. The fourth-order valence-electron chi connectivity index (χ4n) is 1.54. The van der Waals surface area contributed by atoms with Gasteiger partial charge in [0.1, 0.15) is 12.4 Å². The van der Waals surface area contributed by atoms with Crippen molar-refractivity contribution >= 4 is 11.7 Å². The minimum atomic E-state index is -2.58. The molecule has 5 nitrogen and oxygen atoms in total. The van der Waals surface area contributed by atoms with Crippen LogP contribution in [0.15, 0.2) is 24.3 Å². The zero-order valence-electron chi connectivity index (χ0n) is 12.1. The molecule has 0 aliphatic heterocycles. The van der Waals surface area contributed by atoms with Gasteiger partial charge in [0.25, 0.3) is 6.43 Å². The first-order valence-electron chi connectivity index (χ1n) is 6.60. The molecule has 0 radical (unpaired) electrons. The lowest BCUT2D eigenvalue weighted by molar-refractivity contribution is 0.0822. The molecule has 0 saturated heterocycles. The van der Waals surface area contributed by atoms with Crippen LogP contribution in [-0.2, 0) is 0 Å². The molecule has 0 aromatic heterocycles. The van der Waals surface area contributed by atoms with E-state index in [1.165, 1.54) is 11.0 Å². The number of ether oxygens (including phenoxy) is 1.